The fourth-order valence-corrected chi connectivity index (χ4v) is 4.99. The summed E-state index contributed by atoms with van der Waals surface area (Å²) in [6, 6.07) is 18.3. The topological polar surface area (TPSA) is 103 Å². The molecule has 0 saturated heterocycles. The quantitative estimate of drug-likeness (QED) is 0.230. The third-order valence-electron chi connectivity index (χ3n) is 5.76. The molecule has 4 rings (SSSR count). The molecule has 4 aromatic rings. The molecule has 180 valence electrons. The molecular weight excluding hydrogens is 466 g/mol. The predicted molar refractivity (Wildman–Crippen MR) is 133 cm³/mol. The number of carbonyl (C=O) groups excluding carboxylic acids is 1. The highest BCUT2D eigenvalue weighted by molar-refractivity contribution is 7.89. The van der Waals surface area contributed by atoms with E-state index in [1.165, 1.54) is 18.2 Å². The summed E-state index contributed by atoms with van der Waals surface area (Å²) >= 11 is 0. The van der Waals surface area contributed by atoms with Crippen molar-refractivity contribution >= 4 is 27.0 Å². The Morgan fingerprint density at radius 2 is 1.69 bits per heavy atom. The van der Waals surface area contributed by atoms with Gasteiger partial charge in [-0.3, -0.25) is 0 Å². The van der Waals surface area contributed by atoms with E-state index in [4.69, 9.17) is 9.15 Å². The summed E-state index contributed by atoms with van der Waals surface area (Å²) < 4.78 is 39.7. The summed E-state index contributed by atoms with van der Waals surface area (Å²) in [6.07, 6.45) is 0.636. The Labute approximate surface area is 203 Å². The van der Waals surface area contributed by atoms with Gasteiger partial charge in [0.05, 0.1) is 4.90 Å². The van der Waals surface area contributed by atoms with Crippen LogP contribution in [-0.4, -0.2) is 14.4 Å². The summed E-state index contributed by atoms with van der Waals surface area (Å²) in [4.78, 5) is 25.4. The SMILES string of the molecule is CCc1cc(=O)oc2c(C)c(OC(=O)C(NS(=O)(=O)c3ccc(C)cc3)c3ccccc3)ccc12. The second kappa shape index (κ2) is 9.85. The predicted octanol–water partition coefficient (Wildman–Crippen LogP) is 4.60. The van der Waals surface area contributed by atoms with Crippen LogP contribution in [0.15, 0.2) is 86.9 Å². The maximum atomic E-state index is 13.3. The fraction of sp³-hybridized carbons (Fsp3) is 0.185. The average Bonchev–Trinajstić information content (AvgIpc) is 2.85. The molecule has 7 nitrogen and oxygen atoms in total. The molecule has 0 fully saturated rings. The maximum Gasteiger partial charge on any atom is 0.336 e. The smallest absolute Gasteiger partial charge is 0.336 e. The molecule has 0 aliphatic carbocycles. The first-order valence-electron chi connectivity index (χ1n) is 11.1. The number of carbonyl (C=O) groups is 1. The molecule has 1 atom stereocenters. The summed E-state index contributed by atoms with van der Waals surface area (Å²) in [7, 11) is -4.03. The number of ether oxygens (including phenoxy) is 1. The molecule has 1 heterocycles. The number of sulfonamides is 1. The molecule has 35 heavy (non-hydrogen) atoms. The zero-order valence-corrected chi connectivity index (χ0v) is 20.4. The van der Waals surface area contributed by atoms with E-state index in [0.717, 1.165) is 16.5 Å². The van der Waals surface area contributed by atoms with Crippen molar-refractivity contribution < 1.29 is 22.4 Å². The minimum atomic E-state index is -4.03. The van der Waals surface area contributed by atoms with Crippen LogP contribution in [0.3, 0.4) is 0 Å². The van der Waals surface area contributed by atoms with Crippen molar-refractivity contribution in [3.63, 3.8) is 0 Å². The lowest BCUT2D eigenvalue weighted by Crippen LogP contribution is -2.36. The Morgan fingerprint density at radius 1 is 1.00 bits per heavy atom. The summed E-state index contributed by atoms with van der Waals surface area (Å²) in [5.74, 6) is -0.641. The van der Waals surface area contributed by atoms with Gasteiger partial charge in [0.25, 0.3) is 0 Å². The van der Waals surface area contributed by atoms with Crippen molar-refractivity contribution in [3.8, 4) is 5.75 Å². The van der Waals surface area contributed by atoms with Gasteiger partial charge in [-0.05, 0) is 55.7 Å². The molecule has 1 N–H and O–H groups in total. The highest BCUT2D eigenvalue weighted by Crippen LogP contribution is 2.30. The molecule has 0 spiro atoms. The van der Waals surface area contributed by atoms with E-state index in [9.17, 15) is 18.0 Å². The standard InChI is InChI=1S/C27H25NO6S/c1-4-19-16-24(29)34-26-18(3)23(15-14-22(19)26)33-27(30)25(20-8-6-5-7-9-20)28-35(31,32)21-12-10-17(2)11-13-21/h5-16,25,28H,4H2,1-3H3. The van der Waals surface area contributed by atoms with E-state index in [0.29, 0.717) is 23.1 Å². The number of hydrogen-bond acceptors (Lipinski definition) is 6. The lowest BCUT2D eigenvalue weighted by Gasteiger charge is -2.19. The Kier molecular flexibility index (Phi) is 6.86. The summed E-state index contributed by atoms with van der Waals surface area (Å²) in [6.45, 7) is 5.47. The lowest BCUT2D eigenvalue weighted by molar-refractivity contribution is -0.136. The molecule has 3 aromatic carbocycles. The summed E-state index contributed by atoms with van der Waals surface area (Å²) in [5.41, 5.74) is 2.46. The molecule has 0 amide bonds. The highest BCUT2D eigenvalue weighted by atomic mass is 32.2. The van der Waals surface area contributed by atoms with E-state index in [1.807, 2.05) is 13.8 Å². The average molecular weight is 492 g/mol. The number of nitrogens with one attached hydrogen (secondary N) is 1. The van der Waals surface area contributed by atoms with Crippen molar-refractivity contribution in [2.75, 3.05) is 0 Å². The lowest BCUT2D eigenvalue weighted by atomic mass is 10.0. The number of benzene rings is 3. The van der Waals surface area contributed by atoms with Crippen LogP contribution in [0.2, 0.25) is 0 Å². The first-order valence-corrected chi connectivity index (χ1v) is 12.6. The molecule has 1 aromatic heterocycles. The minimum absolute atomic E-state index is 0.0348. The monoisotopic (exact) mass is 491 g/mol. The zero-order chi connectivity index (χ0) is 25.2. The highest BCUT2D eigenvalue weighted by Gasteiger charge is 2.29. The largest absolute Gasteiger partial charge is 0.425 e. The Hall–Kier alpha value is -3.75. The number of hydrogen-bond donors (Lipinski definition) is 1. The second-order valence-electron chi connectivity index (χ2n) is 8.21. The van der Waals surface area contributed by atoms with E-state index in [2.05, 4.69) is 4.72 Å². The van der Waals surface area contributed by atoms with Crippen LogP contribution in [0.25, 0.3) is 11.0 Å². The maximum absolute atomic E-state index is 13.3. The normalized spacial score (nSPS) is 12.4. The van der Waals surface area contributed by atoms with Crippen molar-refractivity contribution in [3.05, 3.63) is 105 Å². The minimum Gasteiger partial charge on any atom is -0.425 e. The van der Waals surface area contributed by atoms with Crippen LogP contribution >= 0.6 is 0 Å². The molecule has 0 saturated carbocycles. The Bertz CT molecular complexity index is 1540. The van der Waals surface area contributed by atoms with Crippen LogP contribution in [0.4, 0.5) is 0 Å². The number of esters is 1. The van der Waals surface area contributed by atoms with Crippen LogP contribution in [0, 0.1) is 13.8 Å². The third kappa shape index (κ3) is 5.18. The Morgan fingerprint density at radius 3 is 2.34 bits per heavy atom. The van der Waals surface area contributed by atoms with Crippen LogP contribution in [0.5, 0.6) is 5.75 Å². The number of fused-ring (bicyclic) bond motifs is 1. The van der Waals surface area contributed by atoms with Gasteiger partial charge in [-0.25, -0.2) is 18.0 Å². The fourth-order valence-electron chi connectivity index (χ4n) is 3.82. The second-order valence-corrected chi connectivity index (χ2v) is 9.92. The van der Waals surface area contributed by atoms with E-state index < -0.39 is 27.7 Å². The third-order valence-corrected chi connectivity index (χ3v) is 7.20. The Balaban J connectivity index is 1.71. The van der Waals surface area contributed by atoms with Gasteiger partial charge in [0.1, 0.15) is 17.4 Å². The van der Waals surface area contributed by atoms with Crippen molar-refractivity contribution in [2.45, 2.75) is 38.1 Å². The van der Waals surface area contributed by atoms with Gasteiger partial charge in [0.2, 0.25) is 10.0 Å². The first-order chi connectivity index (χ1) is 16.7. The van der Waals surface area contributed by atoms with Crippen LogP contribution in [0.1, 0.15) is 35.2 Å². The van der Waals surface area contributed by atoms with Gasteiger partial charge in [-0.1, -0.05) is 55.0 Å². The van der Waals surface area contributed by atoms with Crippen molar-refractivity contribution in [2.24, 2.45) is 0 Å². The van der Waals surface area contributed by atoms with E-state index in [-0.39, 0.29) is 10.6 Å². The van der Waals surface area contributed by atoms with Gasteiger partial charge in [-0.2, -0.15) is 4.72 Å². The van der Waals surface area contributed by atoms with E-state index in [1.54, 1.807) is 61.5 Å². The number of aryl methyl sites for hydroxylation is 3. The first kappa shape index (κ1) is 24.4. The molecule has 8 heteroatoms. The van der Waals surface area contributed by atoms with Gasteiger partial charge in [0.15, 0.2) is 0 Å². The van der Waals surface area contributed by atoms with Gasteiger partial charge >= 0.3 is 11.6 Å². The zero-order valence-electron chi connectivity index (χ0n) is 19.6. The van der Waals surface area contributed by atoms with Crippen LogP contribution < -0.4 is 15.1 Å². The molecule has 0 bridgehead atoms. The van der Waals surface area contributed by atoms with Gasteiger partial charge in [0, 0.05) is 17.0 Å². The van der Waals surface area contributed by atoms with Gasteiger partial charge < -0.3 is 9.15 Å². The number of rotatable bonds is 7. The van der Waals surface area contributed by atoms with Crippen LogP contribution in [-0.2, 0) is 21.2 Å². The molecular formula is C27H25NO6S. The molecule has 1 unspecified atom stereocenters. The van der Waals surface area contributed by atoms with E-state index >= 15 is 0 Å². The molecule has 0 aliphatic rings. The van der Waals surface area contributed by atoms with Crippen molar-refractivity contribution in [1.82, 2.24) is 4.72 Å². The van der Waals surface area contributed by atoms with Gasteiger partial charge in [-0.15, -0.1) is 0 Å². The molecule has 0 radical (unpaired) electrons. The molecule has 0 aliphatic heterocycles. The van der Waals surface area contributed by atoms with Crippen molar-refractivity contribution in [1.29, 1.82) is 0 Å². The summed E-state index contributed by atoms with van der Waals surface area (Å²) in [5, 5.41) is 0.754.